The summed E-state index contributed by atoms with van der Waals surface area (Å²) in [4.78, 5) is 25.4. The van der Waals surface area contributed by atoms with E-state index >= 15 is 0 Å². The molecule has 0 aromatic heterocycles. The number of nitriles is 1. The molecule has 1 aliphatic heterocycles. The highest BCUT2D eigenvalue weighted by molar-refractivity contribution is 5.88. The minimum atomic E-state index is -0.827. The highest BCUT2D eigenvalue weighted by Gasteiger charge is 2.42. The quantitative estimate of drug-likeness (QED) is 0.890. The van der Waals surface area contributed by atoms with Crippen LogP contribution < -0.4 is 5.73 Å². The molecule has 2 rings (SSSR count). The first-order chi connectivity index (χ1) is 9.48. The molecular formula is C15H17N3O2. The van der Waals surface area contributed by atoms with Crippen molar-refractivity contribution in [1.29, 1.82) is 5.26 Å². The van der Waals surface area contributed by atoms with Crippen molar-refractivity contribution in [1.82, 2.24) is 4.90 Å². The lowest BCUT2D eigenvalue weighted by Crippen LogP contribution is -2.39. The molecule has 2 N–H and O–H groups in total. The van der Waals surface area contributed by atoms with E-state index in [1.807, 2.05) is 12.1 Å². The van der Waals surface area contributed by atoms with Crippen molar-refractivity contribution in [2.45, 2.75) is 19.3 Å². The van der Waals surface area contributed by atoms with Crippen molar-refractivity contribution in [3.63, 3.8) is 0 Å². The van der Waals surface area contributed by atoms with Crippen LogP contribution in [0.25, 0.3) is 0 Å². The Labute approximate surface area is 118 Å². The van der Waals surface area contributed by atoms with E-state index in [0.717, 1.165) is 0 Å². The Bertz CT molecular complexity index is 564. The summed E-state index contributed by atoms with van der Waals surface area (Å²) in [6.45, 7) is 2.50. The maximum Gasteiger partial charge on any atom is 0.244 e. The number of benzene rings is 1. The summed E-state index contributed by atoms with van der Waals surface area (Å²) in [6.07, 6.45) is 0.543. The number of likely N-dealkylation sites (tertiary alicyclic amines) is 1. The number of amides is 2. The second-order valence-electron chi connectivity index (χ2n) is 5.41. The average Bonchev–Trinajstić information content (AvgIpc) is 2.85. The fourth-order valence-corrected chi connectivity index (χ4v) is 2.45. The zero-order valence-corrected chi connectivity index (χ0v) is 11.4. The molecule has 2 atom stereocenters. The number of carbonyl (C=O) groups excluding carboxylic acids is 2. The molecule has 1 aromatic carbocycles. The van der Waals surface area contributed by atoms with E-state index in [1.54, 1.807) is 36.1 Å². The zero-order chi connectivity index (χ0) is 14.8. The van der Waals surface area contributed by atoms with Crippen molar-refractivity contribution >= 4 is 11.8 Å². The van der Waals surface area contributed by atoms with Crippen LogP contribution in [0, 0.1) is 16.7 Å². The van der Waals surface area contributed by atoms with Gasteiger partial charge in [-0.05, 0) is 18.9 Å². The highest BCUT2D eigenvalue weighted by Crippen LogP contribution is 2.31. The summed E-state index contributed by atoms with van der Waals surface area (Å²) in [5, 5.41) is 9.26. The van der Waals surface area contributed by atoms with Crippen LogP contribution in [0.3, 0.4) is 0 Å². The maximum atomic E-state index is 12.4. The number of hydrogen-bond donors (Lipinski definition) is 1. The van der Waals surface area contributed by atoms with Gasteiger partial charge in [-0.3, -0.25) is 9.59 Å². The van der Waals surface area contributed by atoms with Gasteiger partial charge in [-0.1, -0.05) is 30.3 Å². The van der Waals surface area contributed by atoms with E-state index < -0.39 is 17.2 Å². The number of nitrogens with zero attached hydrogens (tertiary/aromatic N) is 2. The largest absolute Gasteiger partial charge is 0.369 e. The van der Waals surface area contributed by atoms with Crippen LogP contribution in [0.2, 0.25) is 0 Å². The third-order valence-electron chi connectivity index (χ3n) is 3.89. The lowest BCUT2D eigenvalue weighted by atomic mass is 9.89. The van der Waals surface area contributed by atoms with Gasteiger partial charge in [-0.25, -0.2) is 0 Å². The van der Waals surface area contributed by atoms with Crippen molar-refractivity contribution in [3.05, 3.63) is 35.9 Å². The molecule has 0 spiro atoms. The molecule has 20 heavy (non-hydrogen) atoms. The monoisotopic (exact) mass is 271 g/mol. The summed E-state index contributed by atoms with van der Waals surface area (Å²) >= 11 is 0. The molecule has 5 nitrogen and oxygen atoms in total. The van der Waals surface area contributed by atoms with Crippen LogP contribution in [0.15, 0.2) is 30.3 Å². The highest BCUT2D eigenvalue weighted by atomic mass is 16.2. The molecule has 0 saturated carbocycles. The van der Waals surface area contributed by atoms with Crippen molar-refractivity contribution in [3.8, 4) is 6.07 Å². The molecule has 1 fully saturated rings. The molecule has 5 heteroatoms. The van der Waals surface area contributed by atoms with Crippen LogP contribution in [-0.2, 0) is 9.59 Å². The van der Waals surface area contributed by atoms with Gasteiger partial charge in [0.15, 0.2) is 0 Å². The topological polar surface area (TPSA) is 87.2 Å². The molecule has 1 aliphatic rings. The van der Waals surface area contributed by atoms with Gasteiger partial charge in [0.05, 0.1) is 11.5 Å². The first-order valence-corrected chi connectivity index (χ1v) is 6.51. The van der Waals surface area contributed by atoms with Gasteiger partial charge in [0, 0.05) is 13.1 Å². The molecule has 0 bridgehead atoms. The van der Waals surface area contributed by atoms with Gasteiger partial charge >= 0.3 is 0 Å². The van der Waals surface area contributed by atoms with Crippen LogP contribution in [0.4, 0.5) is 0 Å². The van der Waals surface area contributed by atoms with Crippen LogP contribution in [0.5, 0.6) is 0 Å². The number of carbonyl (C=O) groups is 2. The Morgan fingerprint density at radius 1 is 1.40 bits per heavy atom. The van der Waals surface area contributed by atoms with Gasteiger partial charge in [0.25, 0.3) is 0 Å². The second-order valence-corrected chi connectivity index (χ2v) is 5.41. The zero-order valence-electron chi connectivity index (χ0n) is 11.4. The van der Waals surface area contributed by atoms with Gasteiger partial charge in [0.1, 0.15) is 5.92 Å². The van der Waals surface area contributed by atoms with E-state index in [9.17, 15) is 14.9 Å². The molecule has 0 aliphatic carbocycles. The van der Waals surface area contributed by atoms with Gasteiger partial charge in [0.2, 0.25) is 11.8 Å². The predicted molar refractivity (Wildman–Crippen MR) is 73.3 cm³/mol. The summed E-state index contributed by atoms with van der Waals surface area (Å²) in [5.41, 5.74) is 5.36. The van der Waals surface area contributed by atoms with E-state index in [0.29, 0.717) is 18.5 Å². The van der Waals surface area contributed by atoms with Crippen LogP contribution >= 0.6 is 0 Å². The number of primary amides is 1. The summed E-state index contributed by atoms with van der Waals surface area (Å²) < 4.78 is 0. The van der Waals surface area contributed by atoms with Crippen molar-refractivity contribution < 1.29 is 9.59 Å². The second kappa shape index (κ2) is 5.33. The lowest BCUT2D eigenvalue weighted by Gasteiger charge is -2.22. The van der Waals surface area contributed by atoms with Crippen molar-refractivity contribution in [2.75, 3.05) is 13.1 Å². The minimum Gasteiger partial charge on any atom is -0.369 e. The van der Waals surface area contributed by atoms with Crippen molar-refractivity contribution in [2.24, 2.45) is 11.1 Å². The fraction of sp³-hybridized carbons (Fsp3) is 0.400. The van der Waals surface area contributed by atoms with Crippen LogP contribution in [-0.4, -0.2) is 29.8 Å². The maximum absolute atomic E-state index is 12.4. The molecule has 2 unspecified atom stereocenters. The third kappa shape index (κ3) is 2.50. The Morgan fingerprint density at radius 3 is 2.55 bits per heavy atom. The van der Waals surface area contributed by atoms with E-state index in [1.165, 1.54) is 0 Å². The number of nitrogens with two attached hydrogens (primary N) is 1. The Morgan fingerprint density at radius 2 is 2.05 bits per heavy atom. The van der Waals surface area contributed by atoms with E-state index in [-0.39, 0.29) is 12.5 Å². The number of rotatable bonds is 3. The molecule has 104 valence electrons. The van der Waals surface area contributed by atoms with Gasteiger partial charge < -0.3 is 10.6 Å². The van der Waals surface area contributed by atoms with E-state index in [4.69, 9.17) is 5.73 Å². The Kier molecular flexibility index (Phi) is 3.75. The Hall–Kier alpha value is -2.35. The summed E-state index contributed by atoms with van der Waals surface area (Å²) in [7, 11) is 0. The minimum absolute atomic E-state index is 0.260. The van der Waals surface area contributed by atoms with E-state index in [2.05, 4.69) is 0 Å². The molecule has 1 saturated heterocycles. The number of hydrogen-bond acceptors (Lipinski definition) is 3. The summed E-state index contributed by atoms with van der Waals surface area (Å²) in [6, 6.07) is 11.0. The molecular weight excluding hydrogens is 254 g/mol. The molecule has 2 amide bonds. The van der Waals surface area contributed by atoms with Gasteiger partial charge in [-0.15, -0.1) is 0 Å². The molecule has 1 aromatic rings. The standard InChI is InChI=1S/C15H17N3O2/c1-15(14(17)20)7-8-18(10-15)13(19)12(9-16)11-5-3-2-4-6-11/h2-6,12H,7-8,10H2,1H3,(H2,17,20). The predicted octanol–water partition coefficient (Wildman–Crippen LogP) is 1.02. The first-order valence-electron chi connectivity index (χ1n) is 6.51. The first kappa shape index (κ1) is 14.1. The molecule has 0 radical (unpaired) electrons. The third-order valence-corrected chi connectivity index (χ3v) is 3.89. The Balaban J connectivity index is 2.16. The SMILES string of the molecule is CC1(C(N)=O)CCN(C(=O)C(C#N)c2ccccc2)C1. The fourth-order valence-electron chi connectivity index (χ4n) is 2.45. The lowest BCUT2D eigenvalue weighted by molar-refractivity contribution is -0.131. The van der Waals surface area contributed by atoms with Gasteiger partial charge in [-0.2, -0.15) is 5.26 Å². The average molecular weight is 271 g/mol. The normalized spacial score (nSPS) is 23.1. The summed E-state index contributed by atoms with van der Waals surface area (Å²) in [5.74, 6) is -1.49. The van der Waals surface area contributed by atoms with Crippen LogP contribution in [0.1, 0.15) is 24.8 Å². The molecule has 1 heterocycles. The smallest absolute Gasteiger partial charge is 0.244 e.